The third kappa shape index (κ3) is 3.06. The summed E-state index contributed by atoms with van der Waals surface area (Å²) in [7, 11) is 0. The summed E-state index contributed by atoms with van der Waals surface area (Å²) >= 11 is 1.63. The molecule has 0 radical (unpaired) electrons. The van der Waals surface area contributed by atoms with Gasteiger partial charge in [-0.05, 0) is 47.3 Å². The number of rotatable bonds is 5. The van der Waals surface area contributed by atoms with Gasteiger partial charge in [-0.25, -0.2) is 4.68 Å². The van der Waals surface area contributed by atoms with Gasteiger partial charge in [-0.2, -0.15) is 21.0 Å². The van der Waals surface area contributed by atoms with Crippen molar-refractivity contribution >= 4 is 22.8 Å². The van der Waals surface area contributed by atoms with Gasteiger partial charge in [0.15, 0.2) is 11.5 Å². The van der Waals surface area contributed by atoms with E-state index in [1.54, 1.807) is 22.0 Å². The van der Waals surface area contributed by atoms with E-state index in [9.17, 15) is 0 Å². The van der Waals surface area contributed by atoms with Gasteiger partial charge in [-0.3, -0.25) is 0 Å². The molecular formula is C19H15N7S. The van der Waals surface area contributed by atoms with Crippen molar-refractivity contribution in [3.05, 3.63) is 77.2 Å². The smallest absolute Gasteiger partial charge is 0.186 e. The minimum Gasteiger partial charge on any atom is -0.365 e. The Morgan fingerprint density at radius 2 is 1.93 bits per heavy atom. The summed E-state index contributed by atoms with van der Waals surface area (Å²) in [4.78, 5) is 0. The molecule has 0 spiro atoms. The molecule has 0 fully saturated rings. The van der Waals surface area contributed by atoms with Crippen LogP contribution in [0.1, 0.15) is 5.56 Å². The highest BCUT2D eigenvalue weighted by atomic mass is 32.1. The molecule has 0 unspecified atom stereocenters. The minimum absolute atomic E-state index is 0.674. The molecule has 0 aliphatic carbocycles. The number of hydrogen-bond acceptors (Lipinski definition) is 6. The number of aromatic nitrogens is 6. The molecule has 5 rings (SSSR count). The zero-order valence-electron chi connectivity index (χ0n) is 14.2. The van der Waals surface area contributed by atoms with Gasteiger partial charge in [-0.1, -0.05) is 12.1 Å². The van der Waals surface area contributed by atoms with E-state index in [1.807, 2.05) is 45.9 Å². The summed E-state index contributed by atoms with van der Waals surface area (Å²) in [5, 5.41) is 24.7. The summed E-state index contributed by atoms with van der Waals surface area (Å²) in [5.41, 5.74) is 3.94. The van der Waals surface area contributed by atoms with Crippen molar-refractivity contribution in [3.63, 3.8) is 0 Å². The average Bonchev–Trinajstić information content (AvgIpc) is 3.47. The van der Waals surface area contributed by atoms with Gasteiger partial charge < -0.3 is 5.32 Å². The highest BCUT2D eigenvalue weighted by molar-refractivity contribution is 7.08. The van der Waals surface area contributed by atoms with Gasteiger partial charge in [0.2, 0.25) is 0 Å². The second-order valence-electron chi connectivity index (χ2n) is 5.99. The molecule has 0 bridgehead atoms. The Hall–Kier alpha value is -3.52. The third-order valence-corrected chi connectivity index (χ3v) is 4.90. The molecule has 0 amide bonds. The Morgan fingerprint density at radius 3 is 2.70 bits per heavy atom. The lowest BCUT2D eigenvalue weighted by atomic mass is 10.2. The monoisotopic (exact) mass is 373 g/mol. The number of nitrogens with zero attached hydrogens (tertiary/aromatic N) is 6. The minimum atomic E-state index is 0.674. The lowest BCUT2D eigenvalue weighted by molar-refractivity contribution is 0.879. The Labute approximate surface area is 158 Å². The highest BCUT2D eigenvalue weighted by Gasteiger charge is 2.10. The average molecular weight is 373 g/mol. The van der Waals surface area contributed by atoms with Gasteiger partial charge in [0, 0.05) is 29.9 Å². The van der Waals surface area contributed by atoms with Crippen molar-refractivity contribution in [3.8, 4) is 17.1 Å². The van der Waals surface area contributed by atoms with E-state index in [2.05, 4.69) is 50.0 Å². The predicted molar refractivity (Wildman–Crippen MR) is 105 cm³/mol. The fraction of sp³-hybridized carbons (Fsp3) is 0.0526. The van der Waals surface area contributed by atoms with Crippen LogP contribution >= 0.6 is 11.3 Å². The number of nitrogens with one attached hydrogen (secondary N) is 1. The fourth-order valence-electron chi connectivity index (χ4n) is 2.84. The van der Waals surface area contributed by atoms with Gasteiger partial charge in [0.25, 0.3) is 0 Å². The molecule has 0 saturated heterocycles. The van der Waals surface area contributed by atoms with E-state index in [1.165, 1.54) is 0 Å². The molecule has 4 aromatic heterocycles. The zero-order valence-corrected chi connectivity index (χ0v) is 15.0. The normalized spacial score (nSPS) is 11.1. The van der Waals surface area contributed by atoms with Gasteiger partial charge >= 0.3 is 0 Å². The fourth-order valence-corrected chi connectivity index (χ4v) is 3.47. The predicted octanol–water partition coefficient (Wildman–Crippen LogP) is 3.65. The molecule has 1 N–H and O–H groups in total. The molecule has 7 nitrogen and oxygen atoms in total. The molecule has 0 aliphatic rings. The maximum atomic E-state index is 4.64. The zero-order chi connectivity index (χ0) is 18.1. The lowest BCUT2D eigenvalue weighted by Gasteiger charge is -2.07. The van der Waals surface area contributed by atoms with Crippen LogP contribution in [0.3, 0.4) is 0 Å². The van der Waals surface area contributed by atoms with Crippen LogP contribution in [-0.2, 0) is 6.54 Å². The summed E-state index contributed by atoms with van der Waals surface area (Å²) in [5.74, 6) is 1.52. The molecular weight excluding hydrogens is 358 g/mol. The van der Waals surface area contributed by atoms with Crippen molar-refractivity contribution in [1.82, 2.24) is 29.6 Å². The van der Waals surface area contributed by atoms with Gasteiger partial charge in [-0.15, -0.1) is 15.3 Å². The van der Waals surface area contributed by atoms with E-state index < -0.39 is 0 Å². The number of fused-ring (bicyclic) bond motifs is 1. The van der Waals surface area contributed by atoms with Crippen molar-refractivity contribution in [2.75, 3.05) is 5.32 Å². The summed E-state index contributed by atoms with van der Waals surface area (Å²) in [6, 6.07) is 16.0. The first-order valence-electron chi connectivity index (χ1n) is 8.45. The highest BCUT2D eigenvalue weighted by Crippen LogP contribution is 2.21. The maximum absolute atomic E-state index is 4.64. The maximum Gasteiger partial charge on any atom is 0.186 e. The quantitative estimate of drug-likeness (QED) is 0.509. The molecule has 1 aromatic carbocycles. The first-order chi connectivity index (χ1) is 13.4. The Kier molecular flexibility index (Phi) is 3.87. The molecule has 0 saturated carbocycles. The summed E-state index contributed by atoms with van der Waals surface area (Å²) in [6.07, 6.45) is 3.70. The van der Waals surface area contributed by atoms with Crippen LogP contribution < -0.4 is 5.32 Å². The number of hydrogen-bond donors (Lipinski definition) is 1. The van der Waals surface area contributed by atoms with Crippen molar-refractivity contribution < 1.29 is 0 Å². The summed E-state index contributed by atoms with van der Waals surface area (Å²) in [6.45, 7) is 0.674. The number of benzene rings is 1. The molecule has 0 aliphatic heterocycles. The number of thiophene rings is 1. The molecule has 0 atom stereocenters. The first-order valence-corrected chi connectivity index (χ1v) is 9.39. The molecule has 8 heteroatoms. The topological polar surface area (TPSA) is 72.9 Å². The van der Waals surface area contributed by atoms with E-state index >= 15 is 0 Å². The standard InChI is InChI=1S/C19H15N7S/c1-9-21-25(10-1)16-4-2-14(3-5-16)12-20-17-6-7-18-22-23-19(26(18)24-17)15-8-11-27-13-15/h1-11,13H,12H2,(H,20,24). The second kappa shape index (κ2) is 6.65. The van der Waals surface area contributed by atoms with E-state index in [4.69, 9.17) is 0 Å². The second-order valence-corrected chi connectivity index (χ2v) is 6.77. The van der Waals surface area contributed by atoms with Gasteiger partial charge in [0.05, 0.1) is 5.69 Å². The first kappa shape index (κ1) is 15.7. The molecule has 132 valence electrons. The van der Waals surface area contributed by atoms with Crippen molar-refractivity contribution in [1.29, 1.82) is 0 Å². The van der Waals surface area contributed by atoms with Crippen LogP contribution in [0.2, 0.25) is 0 Å². The van der Waals surface area contributed by atoms with Crippen LogP contribution in [-0.4, -0.2) is 29.6 Å². The Balaban J connectivity index is 1.35. The SMILES string of the molecule is c1cnn(-c2ccc(CNc3ccc4nnc(-c5ccsc5)n4n3)cc2)c1. The largest absolute Gasteiger partial charge is 0.365 e. The van der Waals surface area contributed by atoms with Crippen LogP contribution in [0.4, 0.5) is 5.82 Å². The lowest BCUT2D eigenvalue weighted by Crippen LogP contribution is -2.05. The molecule has 5 aromatic rings. The van der Waals surface area contributed by atoms with Crippen LogP contribution in [0.15, 0.2) is 71.7 Å². The Bertz CT molecular complexity index is 1160. The Morgan fingerprint density at radius 1 is 1.00 bits per heavy atom. The van der Waals surface area contributed by atoms with Gasteiger partial charge in [0.1, 0.15) is 5.82 Å². The summed E-state index contributed by atoms with van der Waals surface area (Å²) < 4.78 is 3.61. The van der Waals surface area contributed by atoms with Crippen LogP contribution in [0.25, 0.3) is 22.7 Å². The molecule has 4 heterocycles. The number of anilines is 1. The van der Waals surface area contributed by atoms with Crippen LogP contribution in [0.5, 0.6) is 0 Å². The van der Waals surface area contributed by atoms with E-state index in [0.29, 0.717) is 6.54 Å². The van der Waals surface area contributed by atoms with E-state index in [0.717, 1.165) is 34.1 Å². The van der Waals surface area contributed by atoms with Crippen molar-refractivity contribution in [2.24, 2.45) is 0 Å². The molecule has 27 heavy (non-hydrogen) atoms. The van der Waals surface area contributed by atoms with Crippen LogP contribution in [0, 0.1) is 0 Å². The van der Waals surface area contributed by atoms with E-state index in [-0.39, 0.29) is 0 Å². The van der Waals surface area contributed by atoms with Crippen molar-refractivity contribution in [2.45, 2.75) is 6.54 Å². The third-order valence-electron chi connectivity index (χ3n) is 4.22.